The van der Waals surface area contributed by atoms with E-state index in [1.165, 1.54) is 0 Å². The first-order valence-electron chi connectivity index (χ1n) is 6.57. The summed E-state index contributed by atoms with van der Waals surface area (Å²) in [7, 11) is 0. The first-order chi connectivity index (χ1) is 8.30. The average Bonchev–Trinajstić information content (AvgIpc) is 2.37. The second-order valence-electron chi connectivity index (χ2n) is 4.16. The molecule has 1 saturated heterocycles. The summed E-state index contributed by atoms with van der Waals surface area (Å²) < 4.78 is 16.6. The Morgan fingerprint density at radius 3 is 2.65 bits per heavy atom. The lowest BCUT2D eigenvalue weighted by atomic mass is 10.2. The molecule has 5 heteroatoms. The number of ether oxygens (including phenoxy) is 3. The van der Waals surface area contributed by atoms with Gasteiger partial charge in [-0.05, 0) is 13.8 Å². The summed E-state index contributed by atoms with van der Waals surface area (Å²) in [6.45, 7) is 9.61. The standard InChI is InChI=1S/C12H26N2O3/c1-3-15-12(16-4-2)5-6-14-7-8-17-11(9-13)10-14/h11-12H,3-10,13H2,1-2H3. The summed E-state index contributed by atoms with van der Waals surface area (Å²) in [5, 5.41) is 0. The molecular weight excluding hydrogens is 220 g/mol. The molecule has 1 aliphatic heterocycles. The second-order valence-corrected chi connectivity index (χ2v) is 4.16. The number of nitrogens with zero attached hydrogens (tertiary/aromatic N) is 1. The van der Waals surface area contributed by atoms with Crippen LogP contribution >= 0.6 is 0 Å². The third-order valence-corrected chi connectivity index (χ3v) is 2.87. The Bertz CT molecular complexity index is 187. The summed E-state index contributed by atoms with van der Waals surface area (Å²) in [6.07, 6.45) is 1.00. The number of hydrogen-bond acceptors (Lipinski definition) is 5. The quantitative estimate of drug-likeness (QED) is 0.630. The predicted octanol–water partition coefficient (Wildman–Crippen LogP) is 0.435. The summed E-state index contributed by atoms with van der Waals surface area (Å²) in [5.41, 5.74) is 5.62. The van der Waals surface area contributed by atoms with Gasteiger partial charge in [-0.15, -0.1) is 0 Å². The number of nitrogens with two attached hydrogens (primary N) is 1. The molecule has 1 fully saturated rings. The minimum atomic E-state index is -0.0795. The highest BCUT2D eigenvalue weighted by atomic mass is 16.7. The molecule has 0 radical (unpaired) electrons. The van der Waals surface area contributed by atoms with Crippen LogP contribution in [-0.2, 0) is 14.2 Å². The van der Waals surface area contributed by atoms with E-state index in [2.05, 4.69) is 4.90 Å². The van der Waals surface area contributed by atoms with Crippen molar-refractivity contribution in [3.63, 3.8) is 0 Å². The zero-order valence-electron chi connectivity index (χ0n) is 11.1. The monoisotopic (exact) mass is 246 g/mol. The molecule has 0 aliphatic carbocycles. The topological polar surface area (TPSA) is 57.0 Å². The van der Waals surface area contributed by atoms with Gasteiger partial charge in [0.1, 0.15) is 0 Å². The van der Waals surface area contributed by atoms with Gasteiger partial charge >= 0.3 is 0 Å². The average molecular weight is 246 g/mol. The molecule has 0 spiro atoms. The van der Waals surface area contributed by atoms with E-state index in [9.17, 15) is 0 Å². The van der Waals surface area contributed by atoms with Crippen molar-refractivity contribution in [2.75, 3.05) is 46.0 Å². The fourth-order valence-electron chi connectivity index (χ4n) is 2.00. The number of hydrogen-bond donors (Lipinski definition) is 1. The van der Waals surface area contributed by atoms with E-state index < -0.39 is 0 Å². The molecule has 0 aromatic rings. The first kappa shape index (κ1) is 14.9. The molecule has 1 atom stereocenters. The van der Waals surface area contributed by atoms with Gasteiger partial charge < -0.3 is 19.9 Å². The lowest BCUT2D eigenvalue weighted by Gasteiger charge is -2.33. The summed E-state index contributed by atoms with van der Waals surface area (Å²) >= 11 is 0. The fourth-order valence-corrected chi connectivity index (χ4v) is 2.00. The Hall–Kier alpha value is -0.200. The van der Waals surface area contributed by atoms with Crippen LogP contribution in [0.25, 0.3) is 0 Å². The fraction of sp³-hybridized carbons (Fsp3) is 1.00. The zero-order valence-corrected chi connectivity index (χ0v) is 11.1. The van der Waals surface area contributed by atoms with Gasteiger partial charge in [-0.1, -0.05) is 0 Å². The van der Waals surface area contributed by atoms with Crippen molar-refractivity contribution >= 4 is 0 Å². The first-order valence-corrected chi connectivity index (χ1v) is 6.57. The highest BCUT2D eigenvalue weighted by Crippen LogP contribution is 2.08. The SMILES string of the molecule is CCOC(CCN1CCOC(CN)C1)OCC. The molecule has 0 amide bonds. The van der Waals surface area contributed by atoms with E-state index in [-0.39, 0.29) is 12.4 Å². The van der Waals surface area contributed by atoms with Crippen LogP contribution in [0.1, 0.15) is 20.3 Å². The van der Waals surface area contributed by atoms with Gasteiger partial charge in [-0.25, -0.2) is 0 Å². The maximum absolute atomic E-state index is 5.62. The largest absolute Gasteiger partial charge is 0.374 e. The zero-order chi connectivity index (χ0) is 12.5. The van der Waals surface area contributed by atoms with Gasteiger partial charge in [0, 0.05) is 45.8 Å². The van der Waals surface area contributed by atoms with Crippen LogP contribution in [0.5, 0.6) is 0 Å². The van der Waals surface area contributed by atoms with E-state index >= 15 is 0 Å². The van der Waals surface area contributed by atoms with Crippen molar-refractivity contribution < 1.29 is 14.2 Å². The molecule has 1 rings (SSSR count). The van der Waals surface area contributed by atoms with Gasteiger partial charge in [0.05, 0.1) is 12.7 Å². The third kappa shape index (κ3) is 5.79. The molecule has 17 heavy (non-hydrogen) atoms. The molecule has 0 bridgehead atoms. The van der Waals surface area contributed by atoms with Crippen LogP contribution in [0.3, 0.4) is 0 Å². The van der Waals surface area contributed by atoms with E-state index in [4.69, 9.17) is 19.9 Å². The second kappa shape index (κ2) is 8.83. The number of morpholine rings is 1. The number of rotatable bonds is 8. The van der Waals surface area contributed by atoms with E-state index in [0.717, 1.165) is 32.7 Å². The predicted molar refractivity (Wildman–Crippen MR) is 66.9 cm³/mol. The Kier molecular flexibility index (Phi) is 7.72. The normalized spacial score (nSPS) is 22.2. The smallest absolute Gasteiger partial charge is 0.158 e. The molecular formula is C12H26N2O3. The van der Waals surface area contributed by atoms with E-state index in [1.54, 1.807) is 0 Å². The third-order valence-electron chi connectivity index (χ3n) is 2.87. The summed E-state index contributed by atoms with van der Waals surface area (Å²) in [6, 6.07) is 0. The molecule has 102 valence electrons. The molecule has 0 saturated carbocycles. The van der Waals surface area contributed by atoms with Gasteiger partial charge in [-0.3, -0.25) is 4.90 Å². The minimum absolute atomic E-state index is 0.0795. The van der Waals surface area contributed by atoms with Crippen LogP contribution in [0.2, 0.25) is 0 Å². The highest BCUT2D eigenvalue weighted by molar-refractivity contribution is 4.72. The van der Waals surface area contributed by atoms with Gasteiger partial charge in [0.2, 0.25) is 0 Å². The van der Waals surface area contributed by atoms with E-state index in [1.807, 2.05) is 13.8 Å². The summed E-state index contributed by atoms with van der Waals surface area (Å²) in [4.78, 5) is 2.37. The molecule has 1 unspecified atom stereocenters. The maximum Gasteiger partial charge on any atom is 0.158 e. The molecule has 1 aliphatic rings. The van der Waals surface area contributed by atoms with Crippen LogP contribution in [0.4, 0.5) is 0 Å². The molecule has 2 N–H and O–H groups in total. The Morgan fingerprint density at radius 2 is 2.06 bits per heavy atom. The molecule has 0 aromatic heterocycles. The van der Waals surface area contributed by atoms with Crippen molar-refractivity contribution in [2.24, 2.45) is 5.73 Å². The van der Waals surface area contributed by atoms with Crippen LogP contribution in [0.15, 0.2) is 0 Å². The minimum Gasteiger partial charge on any atom is -0.374 e. The Labute approximate surface area is 104 Å². The van der Waals surface area contributed by atoms with Gasteiger partial charge in [-0.2, -0.15) is 0 Å². The van der Waals surface area contributed by atoms with Crippen molar-refractivity contribution in [1.82, 2.24) is 4.90 Å². The van der Waals surface area contributed by atoms with Gasteiger partial charge in [0.15, 0.2) is 6.29 Å². The Balaban J connectivity index is 2.22. The maximum atomic E-state index is 5.62. The lowest BCUT2D eigenvalue weighted by molar-refractivity contribution is -0.144. The van der Waals surface area contributed by atoms with E-state index in [0.29, 0.717) is 19.8 Å². The lowest BCUT2D eigenvalue weighted by Crippen LogP contribution is -2.46. The van der Waals surface area contributed by atoms with Crippen molar-refractivity contribution in [3.05, 3.63) is 0 Å². The van der Waals surface area contributed by atoms with Crippen LogP contribution in [0, 0.1) is 0 Å². The van der Waals surface area contributed by atoms with Crippen LogP contribution in [-0.4, -0.2) is 63.3 Å². The summed E-state index contributed by atoms with van der Waals surface area (Å²) in [5.74, 6) is 0. The Morgan fingerprint density at radius 1 is 1.35 bits per heavy atom. The van der Waals surface area contributed by atoms with Crippen molar-refractivity contribution in [1.29, 1.82) is 0 Å². The van der Waals surface area contributed by atoms with Crippen LogP contribution < -0.4 is 5.73 Å². The molecule has 5 nitrogen and oxygen atoms in total. The van der Waals surface area contributed by atoms with Gasteiger partial charge in [0.25, 0.3) is 0 Å². The molecule has 1 heterocycles. The van der Waals surface area contributed by atoms with Crippen molar-refractivity contribution in [2.45, 2.75) is 32.7 Å². The highest BCUT2D eigenvalue weighted by Gasteiger charge is 2.20. The van der Waals surface area contributed by atoms with Crippen molar-refractivity contribution in [3.8, 4) is 0 Å². The molecule has 0 aromatic carbocycles.